The van der Waals surface area contributed by atoms with Crippen LogP contribution < -0.4 is 10.0 Å². The van der Waals surface area contributed by atoms with Crippen molar-refractivity contribution in [2.24, 2.45) is 0 Å². The topological polar surface area (TPSA) is 96.3 Å². The number of hydrogen-bond donors (Lipinski definition) is 2. The van der Waals surface area contributed by atoms with Crippen molar-refractivity contribution in [1.29, 1.82) is 0 Å². The van der Waals surface area contributed by atoms with Crippen LogP contribution in [0.25, 0.3) is 5.69 Å². The first-order valence-corrected chi connectivity index (χ1v) is 11.7. The average Bonchev–Trinajstić information content (AvgIpc) is 2.95. The van der Waals surface area contributed by atoms with E-state index in [1.807, 2.05) is 60.7 Å². The van der Waals surface area contributed by atoms with E-state index >= 15 is 0 Å². The molecule has 0 aliphatic carbocycles. The van der Waals surface area contributed by atoms with Gasteiger partial charge in [-0.1, -0.05) is 18.2 Å². The lowest BCUT2D eigenvalue weighted by Crippen LogP contribution is -2.52. The van der Waals surface area contributed by atoms with Gasteiger partial charge in [-0.05, 0) is 52.3 Å². The highest BCUT2D eigenvalue weighted by molar-refractivity contribution is 7.88. The summed E-state index contributed by atoms with van der Waals surface area (Å²) in [6.07, 6.45) is 2.78. The van der Waals surface area contributed by atoms with E-state index in [1.165, 1.54) is 0 Å². The number of amides is 1. The van der Waals surface area contributed by atoms with Gasteiger partial charge in [0.15, 0.2) is 0 Å². The van der Waals surface area contributed by atoms with Gasteiger partial charge >= 0.3 is 0 Å². The van der Waals surface area contributed by atoms with Crippen LogP contribution >= 0.6 is 0 Å². The SMILES string of the molecule is Cc1nn(-c2ccccc2)c(C)c1NC(=O)[C@H](C)N1CCC[C@@H](NS(C)(=O)=O)C1. The van der Waals surface area contributed by atoms with Gasteiger partial charge in [-0.2, -0.15) is 5.10 Å². The number of hydrogen-bond acceptors (Lipinski definition) is 5. The fourth-order valence-electron chi connectivity index (χ4n) is 3.79. The lowest BCUT2D eigenvalue weighted by atomic mass is 10.0. The molecule has 0 radical (unpaired) electrons. The van der Waals surface area contributed by atoms with E-state index in [4.69, 9.17) is 0 Å². The maximum atomic E-state index is 12.9. The fourth-order valence-corrected chi connectivity index (χ4v) is 4.59. The first-order valence-electron chi connectivity index (χ1n) is 9.79. The molecule has 0 spiro atoms. The van der Waals surface area contributed by atoms with Crippen LogP contribution in [-0.2, 0) is 14.8 Å². The molecule has 158 valence electrons. The van der Waals surface area contributed by atoms with Crippen molar-refractivity contribution in [1.82, 2.24) is 19.4 Å². The summed E-state index contributed by atoms with van der Waals surface area (Å²) in [6.45, 7) is 6.94. The number of carbonyl (C=O) groups excluding carboxylic acids is 1. The molecule has 1 aliphatic heterocycles. The summed E-state index contributed by atoms with van der Waals surface area (Å²) >= 11 is 0. The largest absolute Gasteiger partial charge is 0.322 e. The molecule has 1 aliphatic rings. The van der Waals surface area contributed by atoms with Crippen LogP contribution in [0.1, 0.15) is 31.2 Å². The van der Waals surface area contributed by atoms with Gasteiger partial charge in [0.05, 0.1) is 35.1 Å². The second-order valence-corrected chi connectivity index (χ2v) is 9.46. The number of aromatic nitrogens is 2. The summed E-state index contributed by atoms with van der Waals surface area (Å²) in [4.78, 5) is 14.9. The fraction of sp³-hybridized carbons (Fsp3) is 0.500. The zero-order valence-electron chi connectivity index (χ0n) is 17.3. The van der Waals surface area contributed by atoms with Crippen molar-refractivity contribution in [2.45, 2.75) is 45.7 Å². The molecular weight excluding hydrogens is 390 g/mol. The third kappa shape index (κ3) is 5.23. The summed E-state index contributed by atoms with van der Waals surface area (Å²) in [5.74, 6) is -0.121. The number of aryl methyl sites for hydroxylation is 1. The standard InChI is InChI=1S/C20H29N5O3S/c1-14-19(15(2)25(22-14)18-10-6-5-7-11-18)21-20(26)16(3)24-12-8-9-17(13-24)23-29(4,27)28/h5-7,10-11,16-17,23H,8-9,12-13H2,1-4H3,(H,21,26)/t16-,17+/m0/s1. The molecular formula is C20H29N5O3S. The maximum absolute atomic E-state index is 12.9. The van der Waals surface area contributed by atoms with Crippen LogP contribution in [0, 0.1) is 13.8 Å². The molecule has 1 aromatic heterocycles. The Morgan fingerprint density at radius 1 is 1.24 bits per heavy atom. The highest BCUT2D eigenvalue weighted by atomic mass is 32.2. The molecule has 1 saturated heterocycles. The van der Waals surface area contributed by atoms with E-state index in [1.54, 1.807) is 0 Å². The summed E-state index contributed by atoms with van der Waals surface area (Å²) in [5.41, 5.74) is 3.27. The van der Waals surface area contributed by atoms with Crippen molar-refractivity contribution >= 4 is 21.6 Å². The van der Waals surface area contributed by atoms with Crippen LogP contribution in [0.15, 0.2) is 30.3 Å². The van der Waals surface area contributed by atoms with E-state index in [2.05, 4.69) is 15.1 Å². The van der Waals surface area contributed by atoms with Gasteiger partial charge in [-0.15, -0.1) is 0 Å². The number of nitrogens with zero attached hydrogens (tertiary/aromatic N) is 3. The van der Waals surface area contributed by atoms with Crippen molar-refractivity contribution in [3.63, 3.8) is 0 Å². The predicted octanol–water partition coefficient (Wildman–Crippen LogP) is 1.83. The summed E-state index contributed by atoms with van der Waals surface area (Å²) in [6, 6.07) is 9.24. The first kappa shape index (κ1) is 21.5. The van der Waals surface area contributed by atoms with Gasteiger partial charge in [-0.25, -0.2) is 17.8 Å². The van der Waals surface area contributed by atoms with Crippen LogP contribution in [0.3, 0.4) is 0 Å². The molecule has 9 heteroatoms. The van der Waals surface area contributed by atoms with E-state index in [9.17, 15) is 13.2 Å². The Morgan fingerprint density at radius 2 is 1.93 bits per heavy atom. The van der Waals surface area contributed by atoms with Gasteiger partial charge in [0.25, 0.3) is 0 Å². The predicted molar refractivity (Wildman–Crippen MR) is 114 cm³/mol. The molecule has 8 nitrogen and oxygen atoms in total. The minimum atomic E-state index is -3.26. The number of nitrogens with one attached hydrogen (secondary N) is 2. The highest BCUT2D eigenvalue weighted by Gasteiger charge is 2.29. The number of sulfonamides is 1. The quantitative estimate of drug-likeness (QED) is 0.745. The third-order valence-electron chi connectivity index (χ3n) is 5.30. The molecule has 29 heavy (non-hydrogen) atoms. The number of anilines is 1. The molecule has 2 heterocycles. The van der Waals surface area contributed by atoms with Crippen LogP contribution in [0.5, 0.6) is 0 Å². The maximum Gasteiger partial charge on any atom is 0.241 e. The molecule has 1 fully saturated rings. The van der Waals surface area contributed by atoms with Gasteiger partial charge < -0.3 is 5.32 Å². The monoisotopic (exact) mass is 419 g/mol. The van der Waals surface area contributed by atoms with E-state index in [0.29, 0.717) is 12.2 Å². The molecule has 0 bridgehead atoms. The summed E-state index contributed by atoms with van der Waals surface area (Å²) < 4.78 is 27.5. The number of para-hydroxylation sites is 1. The molecule has 1 amide bonds. The zero-order chi connectivity index (χ0) is 21.2. The lowest BCUT2D eigenvalue weighted by molar-refractivity contribution is -0.121. The Kier molecular flexibility index (Phi) is 6.40. The Morgan fingerprint density at radius 3 is 2.59 bits per heavy atom. The van der Waals surface area contributed by atoms with E-state index in [-0.39, 0.29) is 18.0 Å². The van der Waals surface area contributed by atoms with Gasteiger partial charge in [0.1, 0.15) is 0 Å². The van der Waals surface area contributed by atoms with Gasteiger partial charge in [-0.3, -0.25) is 9.69 Å². The second-order valence-electron chi connectivity index (χ2n) is 7.68. The van der Waals surface area contributed by atoms with Gasteiger partial charge in [0.2, 0.25) is 15.9 Å². The highest BCUT2D eigenvalue weighted by Crippen LogP contribution is 2.23. The number of rotatable bonds is 6. The van der Waals surface area contributed by atoms with Crippen molar-refractivity contribution in [2.75, 3.05) is 24.7 Å². The summed E-state index contributed by atoms with van der Waals surface area (Å²) in [7, 11) is -3.26. The molecule has 1 aromatic carbocycles. The minimum absolute atomic E-state index is 0.121. The molecule has 0 unspecified atom stereocenters. The van der Waals surface area contributed by atoms with Crippen LogP contribution in [-0.4, -0.2) is 60.4 Å². The van der Waals surface area contributed by atoms with Crippen LogP contribution in [0.2, 0.25) is 0 Å². The number of piperidine rings is 1. The number of benzene rings is 1. The molecule has 0 saturated carbocycles. The van der Waals surface area contributed by atoms with Gasteiger partial charge in [0, 0.05) is 12.6 Å². The Hall–Kier alpha value is -2.23. The van der Waals surface area contributed by atoms with E-state index < -0.39 is 10.0 Å². The number of carbonyl (C=O) groups is 1. The lowest BCUT2D eigenvalue weighted by Gasteiger charge is -2.36. The Labute approximate surface area is 172 Å². The summed E-state index contributed by atoms with van der Waals surface area (Å²) in [5, 5.41) is 7.60. The molecule has 2 atom stereocenters. The second kappa shape index (κ2) is 8.64. The smallest absolute Gasteiger partial charge is 0.241 e. The molecule has 2 aromatic rings. The molecule has 3 rings (SSSR count). The minimum Gasteiger partial charge on any atom is -0.322 e. The zero-order valence-corrected chi connectivity index (χ0v) is 18.2. The normalized spacial score (nSPS) is 19.1. The molecule has 2 N–H and O–H groups in total. The van der Waals surface area contributed by atoms with Crippen molar-refractivity contribution < 1.29 is 13.2 Å². The third-order valence-corrected chi connectivity index (χ3v) is 6.06. The number of likely N-dealkylation sites (tertiary alicyclic amines) is 1. The van der Waals surface area contributed by atoms with E-state index in [0.717, 1.165) is 42.7 Å². The Balaban J connectivity index is 1.71. The first-order chi connectivity index (χ1) is 13.7. The van der Waals surface area contributed by atoms with Crippen molar-refractivity contribution in [3.8, 4) is 5.69 Å². The average molecular weight is 420 g/mol. The Bertz CT molecular complexity index is 972. The van der Waals surface area contributed by atoms with Crippen molar-refractivity contribution in [3.05, 3.63) is 41.7 Å². The van der Waals surface area contributed by atoms with Crippen LogP contribution in [0.4, 0.5) is 5.69 Å².